The van der Waals surface area contributed by atoms with Gasteiger partial charge in [-0.05, 0) is 13.0 Å². The van der Waals surface area contributed by atoms with Gasteiger partial charge in [-0.1, -0.05) is 15.9 Å². The van der Waals surface area contributed by atoms with Crippen LogP contribution in [0.25, 0.3) is 0 Å². The number of aryl methyl sites for hydroxylation is 1. The van der Waals surface area contributed by atoms with Crippen LogP contribution in [0.3, 0.4) is 0 Å². The summed E-state index contributed by atoms with van der Waals surface area (Å²) in [5.41, 5.74) is 0.459. The molecule has 5 nitrogen and oxygen atoms in total. The number of hydrogen-bond donors (Lipinski definition) is 0. The van der Waals surface area contributed by atoms with Gasteiger partial charge < -0.3 is 0 Å². The molecule has 0 bridgehead atoms. The zero-order valence-corrected chi connectivity index (χ0v) is 9.94. The van der Waals surface area contributed by atoms with E-state index in [1.807, 2.05) is 0 Å². The minimum Gasteiger partial charge on any atom is -0.293 e. The number of hydrogen-bond acceptors (Lipinski definition) is 4. The van der Waals surface area contributed by atoms with Gasteiger partial charge in [-0.3, -0.25) is 14.9 Å². The number of alkyl halides is 1. The van der Waals surface area contributed by atoms with E-state index in [1.54, 1.807) is 6.07 Å². The standard InChI is InChI=1S/C10H7BrN2O3/c1-6-2-8(10(14)4-11)7(5-12)3-9(6)13(15)16/h2-3H,4H2,1H3. The van der Waals surface area contributed by atoms with Gasteiger partial charge in [-0.15, -0.1) is 0 Å². The van der Waals surface area contributed by atoms with Crippen molar-refractivity contribution in [1.29, 1.82) is 5.26 Å². The van der Waals surface area contributed by atoms with Crippen molar-refractivity contribution >= 4 is 27.4 Å². The first-order chi connectivity index (χ1) is 7.51. The Labute approximate surface area is 100.0 Å². The third kappa shape index (κ3) is 2.25. The Morgan fingerprint density at radius 2 is 2.25 bits per heavy atom. The fourth-order valence-electron chi connectivity index (χ4n) is 1.29. The number of halogens is 1. The van der Waals surface area contributed by atoms with Crippen molar-refractivity contribution in [2.24, 2.45) is 0 Å². The molecule has 0 spiro atoms. The lowest BCUT2D eigenvalue weighted by Crippen LogP contribution is -2.05. The van der Waals surface area contributed by atoms with E-state index in [-0.39, 0.29) is 27.9 Å². The molecular weight excluding hydrogens is 276 g/mol. The van der Waals surface area contributed by atoms with Crippen LogP contribution in [0.4, 0.5) is 5.69 Å². The Balaban J connectivity index is 3.45. The normalized spacial score (nSPS) is 9.56. The Kier molecular flexibility index (Phi) is 3.74. The lowest BCUT2D eigenvalue weighted by molar-refractivity contribution is -0.385. The fraction of sp³-hybridized carbons (Fsp3) is 0.200. The second-order valence-electron chi connectivity index (χ2n) is 3.11. The number of carbonyl (C=O) groups is 1. The van der Waals surface area contributed by atoms with Crippen molar-refractivity contribution < 1.29 is 9.72 Å². The molecule has 1 aromatic rings. The van der Waals surface area contributed by atoms with Crippen LogP contribution in [-0.2, 0) is 0 Å². The smallest absolute Gasteiger partial charge is 0.273 e. The van der Waals surface area contributed by atoms with E-state index in [0.717, 1.165) is 6.07 Å². The molecule has 0 saturated heterocycles. The fourth-order valence-corrected chi connectivity index (χ4v) is 1.59. The van der Waals surface area contributed by atoms with Gasteiger partial charge in [-0.25, -0.2) is 0 Å². The molecule has 0 amide bonds. The highest BCUT2D eigenvalue weighted by Crippen LogP contribution is 2.23. The SMILES string of the molecule is Cc1cc(C(=O)CBr)c(C#N)cc1[N+](=O)[O-]. The number of ketones is 1. The Morgan fingerprint density at radius 1 is 1.62 bits per heavy atom. The lowest BCUT2D eigenvalue weighted by Gasteiger charge is -2.03. The third-order valence-corrected chi connectivity index (χ3v) is 2.58. The number of carbonyl (C=O) groups excluding carboxylic acids is 1. The maximum absolute atomic E-state index is 11.5. The zero-order chi connectivity index (χ0) is 12.3. The molecule has 1 rings (SSSR count). The van der Waals surface area contributed by atoms with Gasteiger partial charge in [0.1, 0.15) is 6.07 Å². The van der Waals surface area contributed by atoms with Gasteiger partial charge in [-0.2, -0.15) is 5.26 Å². The van der Waals surface area contributed by atoms with E-state index < -0.39 is 4.92 Å². The first kappa shape index (κ1) is 12.3. The number of nitriles is 1. The molecule has 0 aliphatic rings. The summed E-state index contributed by atoms with van der Waals surface area (Å²) >= 11 is 2.99. The van der Waals surface area contributed by atoms with Crippen LogP contribution in [-0.4, -0.2) is 16.0 Å². The van der Waals surface area contributed by atoms with E-state index >= 15 is 0 Å². The van der Waals surface area contributed by atoms with Gasteiger partial charge >= 0.3 is 0 Å². The molecule has 0 atom stereocenters. The molecule has 0 N–H and O–H groups in total. The summed E-state index contributed by atoms with van der Waals surface area (Å²) in [6, 6.07) is 4.29. The molecule has 0 aliphatic carbocycles. The summed E-state index contributed by atoms with van der Waals surface area (Å²) in [6.07, 6.45) is 0. The van der Waals surface area contributed by atoms with Crippen molar-refractivity contribution in [2.45, 2.75) is 6.92 Å². The molecule has 1 aromatic carbocycles. The zero-order valence-electron chi connectivity index (χ0n) is 8.36. The topological polar surface area (TPSA) is 84.0 Å². The molecule has 0 saturated carbocycles. The maximum atomic E-state index is 11.5. The van der Waals surface area contributed by atoms with Crippen LogP contribution < -0.4 is 0 Å². The highest BCUT2D eigenvalue weighted by atomic mass is 79.9. The molecule has 16 heavy (non-hydrogen) atoms. The number of Topliss-reactive ketones (excluding diaryl/α,β-unsaturated/α-hetero) is 1. The van der Waals surface area contributed by atoms with E-state index in [4.69, 9.17) is 5.26 Å². The second kappa shape index (κ2) is 4.86. The second-order valence-corrected chi connectivity index (χ2v) is 3.67. The van der Waals surface area contributed by atoms with Crippen LogP contribution in [0.1, 0.15) is 21.5 Å². The van der Waals surface area contributed by atoms with E-state index in [9.17, 15) is 14.9 Å². The lowest BCUT2D eigenvalue weighted by atomic mass is 10.0. The summed E-state index contributed by atoms with van der Waals surface area (Å²) in [5.74, 6) is -0.269. The van der Waals surface area contributed by atoms with E-state index in [2.05, 4.69) is 15.9 Å². The molecule has 0 aromatic heterocycles. The quantitative estimate of drug-likeness (QED) is 0.369. The summed E-state index contributed by atoms with van der Waals surface area (Å²) in [5, 5.41) is 19.5. The van der Waals surface area contributed by atoms with Crippen molar-refractivity contribution in [3.05, 3.63) is 38.9 Å². The minimum absolute atomic E-state index is 0.0294. The number of nitro groups is 1. The van der Waals surface area contributed by atoms with Crippen molar-refractivity contribution in [3.63, 3.8) is 0 Å². The van der Waals surface area contributed by atoms with Crippen molar-refractivity contribution in [3.8, 4) is 6.07 Å². The molecule has 0 heterocycles. The molecule has 0 unspecified atom stereocenters. The van der Waals surface area contributed by atoms with Crippen LogP contribution in [0, 0.1) is 28.4 Å². The van der Waals surface area contributed by atoms with Crippen molar-refractivity contribution in [1.82, 2.24) is 0 Å². The van der Waals surface area contributed by atoms with E-state index in [1.165, 1.54) is 13.0 Å². The number of rotatable bonds is 3. The van der Waals surface area contributed by atoms with Crippen LogP contribution in [0.15, 0.2) is 12.1 Å². The molecule has 0 aliphatic heterocycles. The average Bonchev–Trinajstić information content (AvgIpc) is 2.27. The van der Waals surface area contributed by atoms with E-state index in [0.29, 0.717) is 5.56 Å². The number of benzene rings is 1. The van der Waals surface area contributed by atoms with Crippen LogP contribution >= 0.6 is 15.9 Å². The van der Waals surface area contributed by atoms with Crippen LogP contribution in [0.5, 0.6) is 0 Å². The van der Waals surface area contributed by atoms with Gasteiger partial charge in [0.15, 0.2) is 5.78 Å². The number of nitrogens with zero attached hydrogens (tertiary/aromatic N) is 2. The highest BCUT2D eigenvalue weighted by molar-refractivity contribution is 9.09. The van der Waals surface area contributed by atoms with Gasteiger partial charge in [0, 0.05) is 17.2 Å². The van der Waals surface area contributed by atoms with Crippen LogP contribution in [0.2, 0.25) is 0 Å². The Bertz CT molecular complexity index is 506. The Morgan fingerprint density at radius 3 is 2.69 bits per heavy atom. The number of nitro benzene ring substituents is 1. The average molecular weight is 283 g/mol. The first-order valence-electron chi connectivity index (χ1n) is 4.29. The summed E-state index contributed by atoms with van der Waals surface area (Å²) in [7, 11) is 0. The molecule has 0 radical (unpaired) electrons. The van der Waals surface area contributed by atoms with Gasteiger partial charge in [0.25, 0.3) is 5.69 Å². The molecule has 0 fully saturated rings. The molecule has 82 valence electrons. The first-order valence-corrected chi connectivity index (χ1v) is 5.41. The highest BCUT2D eigenvalue weighted by Gasteiger charge is 2.18. The molecular formula is C10H7BrN2O3. The summed E-state index contributed by atoms with van der Waals surface area (Å²) in [6.45, 7) is 1.53. The minimum atomic E-state index is -0.571. The largest absolute Gasteiger partial charge is 0.293 e. The van der Waals surface area contributed by atoms with Gasteiger partial charge in [0.05, 0.1) is 15.8 Å². The predicted molar refractivity (Wildman–Crippen MR) is 60.7 cm³/mol. The van der Waals surface area contributed by atoms with Crippen molar-refractivity contribution in [2.75, 3.05) is 5.33 Å². The maximum Gasteiger partial charge on any atom is 0.273 e. The summed E-state index contributed by atoms with van der Waals surface area (Å²) in [4.78, 5) is 21.5. The van der Waals surface area contributed by atoms with Gasteiger partial charge in [0.2, 0.25) is 0 Å². The third-order valence-electron chi connectivity index (χ3n) is 2.08. The monoisotopic (exact) mass is 282 g/mol. The molecule has 6 heteroatoms. The predicted octanol–water partition coefficient (Wildman–Crippen LogP) is 2.35. The summed E-state index contributed by atoms with van der Waals surface area (Å²) < 4.78 is 0. The Hall–Kier alpha value is -1.74.